The number of alkyl halides is 1. The highest BCUT2D eigenvalue weighted by Crippen LogP contribution is 2.48. The molecule has 2 unspecified atom stereocenters. The van der Waals surface area contributed by atoms with Crippen molar-refractivity contribution in [2.24, 2.45) is 0 Å². The molecule has 1 rings (SSSR count). The number of hydrogen-bond donors (Lipinski definition) is 1. The summed E-state index contributed by atoms with van der Waals surface area (Å²) in [6.45, 7) is 10.9. The number of carbonyl (C=O) groups is 1. The van der Waals surface area contributed by atoms with Gasteiger partial charge in [-0.05, 0) is 25.5 Å². The maximum Gasteiger partial charge on any atom is 0.350 e. The molecular formula is C17H31FNO4P. The van der Waals surface area contributed by atoms with Gasteiger partial charge in [-0.1, -0.05) is 52.8 Å². The minimum Gasteiger partial charge on any atom is -0.465 e. The fourth-order valence-electron chi connectivity index (χ4n) is 1.31. The summed E-state index contributed by atoms with van der Waals surface area (Å²) < 4.78 is 35.9. The molecule has 0 aliphatic carbocycles. The Morgan fingerprint density at radius 1 is 1.21 bits per heavy atom. The summed E-state index contributed by atoms with van der Waals surface area (Å²) in [5, 5.41) is 2.34. The van der Waals surface area contributed by atoms with Gasteiger partial charge in [-0.3, -0.25) is 9.36 Å². The van der Waals surface area contributed by atoms with Gasteiger partial charge in [0.05, 0.1) is 6.61 Å². The molecule has 1 aromatic carbocycles. The number of carbonyl (C=O) groups excluding carboxylic acids is 1. The van der Waals surface area contributed by atoms with Crippen molar-refractivity contribution in [1.82, 2.24) is 5.09 Å². The number of hydrogen-bond acceptors (Lipinski definition) is 4. The molecule has 0 saturated heterocycles. The molecule has 0 fully saturated rings. The summed E-state index contributed by atoms with van der Waals surface area (Å²) >= 11 is 0. The molecule has 0 amide bonds. The molecule has 0 spiro atoms. The lowest BCUT2D eigenvalue weighted by molar-refractivity contribution is -0.142. The quantitative estimate of drug-likeness (QED) is 0.510. The molecule has 0 aromatic heterocycles. The van der Waals surface area contributed by atoms with Crippen LogP contribution in [0.1, 0.15) is 48.0 Å². The van der Waals surface area contributed by atoms with Crippen LogP contribution < -0.4 is 9.61 Å². The molecule has 2 atom stereocenters. The maximum atomic E-state index is 13.5. The molecule has 5 nitrogen and oxygen atoms in total. The van der Waals surface area contributed by atoms with Gasteiger partial charge in [0.2, 0.25) is 0 Å². The Balaban J connectivity index is 0. The van der Waals surface area contributed by atoms with E-state index in [4.69, 9.17) is 9.26 Å². The average molecular weight is 363 g/mol. The summed E-state index contributed by atoms with van der Waals surface area (Å²) in [4.78, 5) is 11.3. The third kappa shape index (κ3) is 10.4. The topological polar surface area (TPSA) is 64.6 Å². The average Bonchev–Trinajstić information content (AvgIpc) is 2.62. The zero-order valence-electron chi connectivity index (χ0n) is 15.5. The van der Waals surface area contributed by atoms with Gasteiger partial charge in [0.25, 0.3) is 0 Å². The van der Waals surface area contributed by atoms with Crippen LogP contribution in [0.4, 0.5) is 4.39 Å². The van der Waals surface area contributed by atoms with Crippen LogP contribution in [0.5, 0.6) is 5.75 Å². The van der Waals surface area contributed by atoms with Gasteiger partial charge >= 0.3 is 13.5 Å². The predicted molar refractivity (Wildman–Crippen MR) is 97.2 cm³/mol. The van der Waals surface area contributed by atoms with Crippen molar-refractivity contribution in [2.75, 3.05) is 13.2 Å². The van der Waals surface area contributed by atoms with E-state index < -0.39 is 19.4 Å². The van der Waals surface area contributed by atoms with Crippen molar-refractivity contribution in [2.45, 2.75) is 53.9 Å². The Morgan fingerprint density at radius 3 is 2.21 bits per heavy atom. The van der Waals surface area contributed by atoms with Gasteiger partial charge in [-0.15, -0.1) is 0 Å². The number of nitrogens with one attached hydrogen (secondary N) is 1. The molecule has 7 heteroatoms. The van der Waals surface area contributed by atoms with Crippen molar-refractivity contribution in [3.63, 3.8) is 0 Å². The Morgan fingerprint density at radius 2 is 1.75 bits per heavy atom. The van der Waals surface area contributed by atoms with Gasteiger partial charge < -0.3 is 9.26 Å². The molecule has 0 aliphatic heterocycles. The monoisotopic (exact) mass is 363 g/mol. The summed E-state index contributed by atoms with van der Waals surface area (Å²) in [5.74, 6) is -2.07. The first kappa shape index (κ1) is 24.9. The molecule has 0 bridgehead atoms. The number of rotatable bonds is 8. The minimum atomic E-state index is -3.82. The normalized spacial score (nSPS) is 13.1. The second-order valence-electron chi connectivity index (χ2n) is 4.13. The number of halogens is 1. The number of para-hydroxylation sites is 1. The minimum absolute atomic E-state index is 0.273. The van der Waals surface area contributed by atoms with Crippen LogP contribution >= 0.6 is 7.52 Å². The molecule has 0 radical (unpaired) electrons. The SMILES string of the molecule is CC.CC.CCCOC(=O)CNP(=O)(Oc1ccccc1)C(C)F. The standard InChI is InChI=1S/C13H19FNO4P.2C2H6/c1-3-9-18-13(16)10-15-20(17,11(2)14)19-12-7-5-4-6-8-12;2*1-2/h4-8,11H,3,9-10H2,1-2H3,(H,15,17);2*1-2H3. The third-order valence-corrected chi connectivity index (χ3v) is 4.38. The predicted octanol–water partition coefficient (Wildman–Crippen LogP) is 5.17. The second kappa shape index (κ2) is 15.2. The number of ether oxygens (including phenoxy) is 1. The summed E-state index contributed by atoms with van der Waals surface area (Å²) in [6, 6.07) is 8.24. The highest BCUT2D eigenvalue weighted by molar-refractivity contribution is 7.57. The maximum absolute atomic E-state index is 13.5. The largest absolute Gasteiger partial charge is 0.465 e. The number of esters is 1. The van der Waals surface area contributed by atoms with Crippen LogP contribution in [0.25, 0.3) is 0 Å². The van der Waals surface area contributed by atoms with E-state index in [1.807, 2.05) is 34.6 Å². The van der Waals surface area contributed by atoms with Crippen molar-refractivity contribution in [3.8, 4) is 5.75 Å². The van der Waals surface area contributed by atoms with E-state index >= 15 is 0 Å². The summed E-state index contributed by atoms with van der Waals surface area (Å²) in [6.07, 6.45) is 0.684. The van der Waals surface area contributed by atoms with Crippen LogP contribution in [-0.2, 0) is 14.1 Å². The number of benzene rings is 1. The van der Waals surface area contributed by atoms with Crippen LogP contribution in [-0.4, -0.2) is 25.0 Å². The highest BCUT2D eigenvalue weighted by Gasteiger charge is 2.33. The summed E-state index contributed by atoms with van der Waals surface area (Å²) in [7, 11) is -3.82. The lowest BCUT2D eigenvalue weighted by Crippen LogP contribution is -2.27. The second-order valence-corrected chi connectivity index (χ2v) is 6.54. The smallest absolute Gasteiger partial charge is 0.350 e. The van der Waals surface area contributed by atoms with Crippen molar-refractivity contribution < 1.29 is 23.0 Å². The zero-order valence-corrected chi connectivity index (χ0v) is 16.4. The Kier molecular flexibility index (Phi) is 15.7. The van der Waals surface area contributed by atoms with Crippen molar-refractivity contribution in [3.05, 3.63) is 30.3 Å². The Hall–Kier alpha value is -1.39. The third-order valence-electron chi connectivity index (χ3n) is 2.36. The van der Waals surface area contributed by atoms with E-state index in [0.717, 1.165) is 6.92 Å². The van der Waals surface area contributed by atoms with Gasteiger partial charge in [-0.2, -0.15) is 0 Å². The molecule has 0 heterocycles. The molecule has 24 heavy (non-hydrogen) atoms. The van der Waals surface area contributed by atoms with E-state index in [1.54, 1.807) is 30.3 Å². The zero-order chi connectivity index (χ0) is 19.0. The van der Waals surface area contributed by atoms with E-state index in [9.17, 15) is 13.8 Å². The first-order valence-electron chi connectivity index (χ1n) is 8.37. The Bertz CT molecular complexity index is 469. The fraction of sp³-hybridized carbons (Fsp3) is 0.588. The lowest BCUT2D eigenvalue weighted by Gasteiger charge is -2.21. The summed E-state index contributed by atoms with van der Waals surface area (Å²) in [5.41, 5.74) is 0. The van der Waals surface area contributed by atoms with E-state index in [2.05, 4.69) is 5.09 Å². The molecule has 0 saturated carbocycles. The van der Waals surface area contributed by atoms with Gasteiger partial charge in [0.15, 0.2) is 5.91 Å². The molecular weight excluding hydrogens is 332 g/mol. The van der Waals surface area contributed by atoms with E-state index in [1.165, 1.54) is 0 Å². The van der Waals surface area contributed by atoms with E-state index in [0.29, 0.717) is 6.42 Å². The van der Waals surface area contributed by atoms with Gasteiger partial charge in [0, 0.05) is 0 Å². The van der Waals surface area contributed by atoms with Gasteiger partial charge in [-0.25, -0.2) is 9.48 Å². The van der Waals surface area contributed by atoms with Crippen LogP contribution in [0.15, 0.2) is 30.3 Å². The van der Waals surface area contributed by atoms with Crippen molar-refractivity contribution >= 4 is 13.5 Å². The van der Waals surface area contributed by atoms with Crippen LogP contribution in [0, 0.1) is 0 Å². The molecule has 1 aromatic rings. The van der Waals surface area contributed by atoms with Crippen LogP contribution in [0.2, 0.25) is 0 Å². The Labute approximate surface area is 145 Å². The lowest BCUT2D eigenvalue weighted by atomic mass is 10.3. The first-order valence-corrected chi connectivity index (χ1v) is 10.1. The first-order chi connectivity index (χ1) is 11.5. The fourth-order valence-corrected chi connectivity index (χ4v) is 2.56. The molecule has 140 valence electrons. The van der Waals surface area contributed by atoms with Gasteiger partial charge in [0.1, 0.15) is 12.3 Å². The molecule has 1 N–H and O–H groups in total. The van der Waals surface area contributed by atoms with Crippen LogP contribution in [0.3, 0.4) is 0 Å². The van der Waals surface area contributed by atoms with E-state index in [-0.39, 0.29) is 18.9 Å². The van der Waals surface area contributed by atoms with Crippen molar-refractivity contribution in [1.29, 1.82) is 0 Å². The highest BCUT2D eigenvalue weighted by atomic mass is 31.2. The molecule has 0 aliphatic rings.